The molecule has 2 aliphatic rings. The van der Waals surface area contributed by atoms with Crippen LogP contribution in [-0.4, -0.2) is 24.5 Å². The number of carbonyl (C=O) groups is 1. The summed E-state index contributed by atoms with van der Waals surface area (Å²) in [7, 11) is 0. The fraction of sp³-hybridized carbons (Fsp3) is 0.273. The highest BCUT2D eigenvalue weighted by atomic mass is 32.2. The Balaban J connectivity index is 2.36. The predicted molar refractivity (Wildman–Crippen MR) is 61.8 cm³/mol. The van der Waals surface area contributed by atoms with Gasteiger partial charge in [0, 0.05) is 23.1 Å². The monoisotopic (exact) mass is 221 g/mol. The number of hydrogen-bond acceptors (Lipinski definition) is 4. The van der Waals surface area contributed by atoms with Crippen LogP contribution < -0.4 is 0 Å². The van der Waals surface area contributed by atoms with E-state index in [1.54, 1.807) is 31.1 Å². The van der Waals surface area contributed by atoms with Crippen molar-refractivity contribution in [3.05, 3.63) is 34.4 Å². The van der Waals surface area contributed by atoms with Crippen molar-refractivity contribution in [1.29, 1.82) is 0 Å². The lowest BCUT2D eigenvalue weighted by atomic mass is 10.1. The number of nitrogens with zero attached hydrogens (tertiary/aromatic N) is 1. The summed E-state index contributed by atoms with van der Waals surface area (Å²) in [6.45, 7) is 2.19. The summed E-state index contributed by atoms with van der Waals surface area (Å²) < 4.78 is 4.99. The van der Waals surface area contributed by atoms with Crippen LogP contribution in [0.5, 0.6) is 0 Å². The summed E-state index contributed by atoms with van der Waals surface area (Å²) in [5.74, 6) is 0.617. The normalized spacial score (nSPS) is 18.6. The van der Waals surface area contributed by atoms with E-state index >= 15 is 0 Å². The number of rotatable bonds is 2. The van der Waals surface area contributed by atoms with Crippen molar-refractivity contribution in [3.63, 3.8) is 0 Å². The molecule has 0 spiro atoms. The topological polar surface area (TPSA) is 38.7 Å². The van der Waals surface area contributed by atoms with Gasteiger partial charge in [-0.1, -0.05) is 6.08 Å². The molecule has 2 rings (SSSR count). The number of hydrogen-bond donors (Lipinski definition) is 0. The maximum absolute atomic E-state index is 11.7. The number of allylic oxidation sites excluding steroid dienone is 2. The van der Waals surface area contributed by atoms with Crippen LogP contribution in [0, 0.1) is 0 Å². The number of ether oxygens (including phenoxy) is 1. The average Bonchev–Trinajstić information content (AvgIpc) is 2.58. The van der Waals surface area contributed by atoms with Gasteiger partial charge in [0.2, 0.25) is 0 Å². The van der Waals surface area contributed by atoms with Crippen molar-refractivity contribution in [2.24, 2.45) is 4.99 Å². The largest absolute Gasteiger partial charge is 0.462 e. The Hall–Kier alpha value is -1.29. The zero-order valence-electron chi connectivity index (χ0n) is 8.40. The molecule has 0 radical (unpaired) electrons. The molecule has 0 aromatic heterocycles. The molecule has 0 N–H and O–H groups in total. The average molecular weight is 221 g/mol. The quantitative estimate of drug-likeness (QED) is 0.670. The summed E-state index contributed by atoms with van der Waals surface area (Å²) in [5.41, 5.74) is 1.64. The molecule has 2 aliphatic heterocycles. The van der Waals surface area contributed by atoms with Crippen LogP contribution in [0.2, 0.25) is 0 Å². The highest BCUT2D eigenvalue weighted by Gasteiger charge is 2.21. The van der Waals surface area contributed by atoms with E-state index in [9.17, 15) is 4.79 Å². The van der Waals surface area contributed by atoms with Gasteiger partial charge in [-0.05, 0) is 18.6 Å². The molecule has 2 heterocycles. The number of esters is 1. The van der Waals surface area contributed by atoms with Crippen molar-refractivity contribution >= 4 is 23.9 Å². The van der Waals surface area contributed by atoms with Gasteiger partial charge in [0.25, 0.3) is 0 Å². The zero-order valence-corrected chi connectivity index (χ0v) is 9.21. The Morgan fingerprint density at radius 3 is 3.33 bits per heavy atom. The molecule has 0 saturated heterocycles. The SMILES string of the molecule is CCOC(=O)C1=C2SCC=C2C=CN=C1. The van der Waals surface area contributed by atoms with Crippen molar-refractivity contribution in [1.82, 2.24) is 0 Å². The maximum atomic E-state index is 11.7. The van der Waals surface area contributed by atoms with Gasteiger partial charge in [0.05, 0.1) is 12.2 Å². The van der Waals surface area contributed by atoms with Crippen molar-refractivity contribution < 1.29 is 9.53 Å². The number of thioether (sulfide) groups is 1. The lowest BCUT2D eigenvalue weighted by Crippen LogP contribution is -2.10. The Kier molecular flexibility index (Phi) is 3.06. The highest BCUT2D eigenvalue weighted by Crippen LogP contribution is 2.35. The minimum Gasteiger partial charge on any atom is -0.462 e. The molecule has 0 aromatic rings. The Morgan fingerprint density at radius 2 is 2.53 bits per heavy atom. The molecular weight excluding hydrogens is 210 g/mol. The Bertz CT molecular complexity index is 405. The van der Waals surface area contributed by atoms with Gasteiger partial charge in [0.15, 0.2) is 0 Å². The molecule has 0 aromatic carbocycles. The van der Waals surface area contributed by atoms with E-state index in [-0.39, 0.29) is 5.97 Å². The molecule has 0 atom stereocenters. The third kappa shape index (κ3) is 2.04. The smallest absolute Gasteiger partial charge is 0.340 e. The standard InChI is InChI=1S/C11H11NO2S/c1-2-14-11(13)9-7-12-5-3-8-4-6-15-10(8)9/h3-5,7H,2,6H2,1H3. The molecule has 0 amide bonds. The number of carbonyl (C=O) groups excluding carboxylic acids is 1. The van der Waals surface area contributed by atoms with E-state index in [2.05, 4.69) is 11.1 Å². The van der Waals surface area contributed by atoms with Crippen molar-refractivity contribution in [3.8, 4) is 0 Å². The van der Waals surface area contributed by atoms with Crippen LogP contribution in [0.1, 0.15) is 6.92 Å². The van der Waals surface area contributed by atoms with Crippen LogP contribution in [0.15, 0.2) is 39.4 Å². The van der Waals surface area contributed by atoms with Crippen LogP contribution >= 0.6 is 11.8 Å². The predicted octanol–water partition coefficient (Wildman–Crippen LogP) is 2.07. The van der Waals surface area contributed by atoms with Crippen LogP contribution in [0.3, 0.4) is 0 Å². The van der Waals surface area contributed by atoms with E-state index in [0.29, 0.717) is 12.2 Å². The summed E-state index contributed by atoms with van der Waals surface area (Å²) in [6, 6.07) is 0. The molecule has 0 unspecified atom stereocenters. The highest BCUT2D eigenvalue weighted by molar-refractivity contribution is 8.03. The van der Waals surface area contributed by atoms with Gasteiger partial charge in [-0.3, -0.25) is 4.99 Å². The minimum atomic E-state index is -0.291. The first-order valence-corrected chi connectivity index (χ1v) is 5.76. The van der Waals surface area contributed by atoms with Gasteiger partial charge in [-0.25, -0.2) is 4.79 Å². The molecular formula is C11H11NO2S. The fourth-order valence-electron chi connectivity index (χ4n) is 1.42. The van der Waals surface area contributed by atoms with E-state index in [1.165, 1.54) is 0 Å². The first-order valence-electron chi connectivity index (χ1n) is 4.77. The molecule has 4 heteroatoms. The molecule has 0 fully saturated rings. The second-order valence-corrected chi connectivity index (χ2v) is 4.06. The summed E-state index contributed by atoms with van der Waals surface area (Å²) in [6.07, 6.45) is 7.27. The van der Waals surface area contributed by atoms with Gasteiger partial charge in [-0.2, -0.15) is 0 Å². The summed E-state index contributed by atoms with van der Waals surface area (Å²) in [4.78, 5) is 16.7. The molecule has 3 nitrogen and oxygen atoms in total. The van der Waals surface area contributed by atoms with E-state index in [4.69, 9.17) is 4.74 Å². The summed E-state index contributed by atoms with van der Waals surface area (Å²) >= 11 is 1.65. The van der Waals surface area contributed by atoms with Crippen molar-refractivity contribution in [2.45, 2.75) is 6.92 Å². The third-order valence-corrected chi connectivity index (χ3v) is 3.15. The van der Waals surface area contributed by atoms with Crippen LogP contribution in [0.25, 0.3) is 0 Å². The van der Waals surface area contributed by atoms with E-state index in [0.717, 1.165) is 16.2 Å². The number of fused-ring (bicyclic) bond motifs is 1. The first kappa shape index (κ1) is 10.2. The second kappa shape index (κ2) is 4.49. The van der Waals surface area contributed by atoms with E-state index in [1.807, 2.05) is 6.08 Å². The van der Waals surface area contributed by atoms with Gasteiger partial charge < -0.3 is 4.74 Å². The molecule has 15 heavy (non-hydrogen) atoms. The van der Waals surface area contributed by atoms with E-state index < -0.39 is 0 Å². The maximum Gasteiger partial charge on any atom is 0.340 e. The lowest BCUT2D eigenvalue weighted by molar-refractivity contribution is -0.137. The third-order valence-electron chi connectivity index (χ3n) is 2.08. The zero-order chi connectivity index (χ0) is 10.7. The molecule has 0 bridgehead atoms. The second-order valence-electron chi connectivity index (χ2n) is 3.03. The Morgan fingerprint density at radius 1 is 1.67 bits per heavy atom. The van der Waals surface area contributed by atoms with Crippen molar-refractivity contribution in [2.75, 3.05) is 12.4 Å². The van der Waals surface area contributed by atoms with Gasteiger partial charge >= 0.3 is 5.97 Å². The number of aliphatic imine (C=N–C) groups is 1. The first-order chi connectivity index (χ1) is 7.33. The summed E-state index contributed by atoms with van der Waals surface area (Å²) in [5, 5.41) is 0. The molecule has 0 aliphatic carbocycles. The van der Waals surface area contributed by atoms with Crippen LogP contribution in [0.4, 0.5) is 0 Å². The van der Waals surface area contributed by atoms with Crippen LogP contribution in [-0.2, 0) is 9.53 Å². The minimum absolute atomic E-state index is 0.291. The fourth-order valence-corrected chi connectivity index (χ4v) is 2.46. The van der Waals surface area contributed by atoms with Gasteiger partial charge in [0.1, 0.15) is 0 Å². The molecule has 0 saturated carbocycles. The lowest BCUT2D eigenvalue weighted by Gasteiger charge is -2.05. The Labute approximate surface area is 92.6 Å². The molecule has 78 valence electrons. The van der Waals surface area contributed by atoms with Gasteiger partial charge in [-0.15, -0.1) is 11.8 Å².